The Morgan fingerprint density at radius 3 is 2.63 bits per heavy atom. The Hall–Kier alpha value is -0.960. The van der Waals surface area contributed by atoms with Gasteiger partial charge in [0.1, 0.15) is 4.21 Å². The number of carboxylic acid groups (broad SMARTS) is 1. The second-order valence-corrected chi connectivity index (χ2v) is 7.34. The molecule has 19 heavy (non-hydrogen) atoms. The van der Waals surface area contributed by atoms with Crippen LogP contribution in [0, 0.1) is 0 Å². The van der Waals surface area contributed by atoms with Crippen LogP contribution >= 0.6 is 11.3 Å². The summed E-state index contributed by atoms with van der Waals surface area (Å²) < 4.78 is 26.3. The Bertz CT molecular complexity index is 537. The van der Waals surface area contributed by atoms with Gasteiger partial charge in [-0.2, -0.15) is 0 Å². The molecular formula is C11H18N2O4S2. The fourth-order valence-corrected chi connectivity index (χ4v) is 3.47. The molecule has 0 aliphatic carbocycles. The van der Waals surface area contributed by atoms with Crippen molar-refractivity contribution in [2.75, 3.05) is 20.1 Å². The quantitative estimate of drug-likeness (QED) is 0.787. The van der Waals surface area contributed by atoms with Crippen LogP contribution in [-0.2, 0) is 10.0 Å². The van der Waals surface area contributed by atoms with E-state index in [1.54, 1.807) is 0 Å². The lowest BCUT2D eigenvalue weighted by Gasteiger charge is -2.20. The Morgan fingerprint density at radius 2 is 2.16 bits per heavy atom. The zero-order valence-corrected chi connectivity index (χ0v) is 12.7. The first-order valence-electron chi connectivity index (χ1n) is 5.76. The molecule has 108 valence electrons. The van der Waals surface area contributed by atoms with Crippen LogP contribution in [0.25, 0.3) is 0 Å². The van der Waals surface area contributed by atoms with Gasteiger partial charge in [0.05, 0.1) is 5.56 Å². The summed E-state index contributed by atoms with van der Waals surface area (Å²) in [5.41, 5.74) is -0.00956. The fourth-order valence-electron chi connectivity index (χ4n) is 1.26. The SMILES string of the molecule is CC(C)N(C)CCNS(=O)(=O)c1cc(C(=O)O)cs1. The average Bonchev–Trinajstić information content (AvgIpc) is 2.78. The van der Waals surface area contributed by atoms with E-state index in [1.165, 1.54) is 11.4 Å². The molecule has 6 nitrogen and oxygen atoms in total. The van der Waals surface area contributed by atoms with Crippen LogP contribution in [0.5, 0.6) is 0 Å². The third-order valence-corrected chi connectivity index (χ3v) is 5.63. The predicted octanol–water partition coefficient (Wildman–Crippen LogP) is 1.06. The number of thiophene rings is 1. The van der Waals surface area contributed by atoms with Gasteiger partial charge < -0.3 is 10.0 Å². The Labute approximate surface area is 117 Å². The first-order chi connectivity index (χ1) is 8.74. The number of hydrogen-bond donors (Lipinski definition) is 2. The van der Waals surface area contributed by atoms with Crippen molar-refractivity contribution in [3.8, 4) is 0 Å². The summed E-state index contributed by atoms with van der Waals surface area (Å²) in [6.07, 6.45) is 0. The highest BCUT2D eigenvalue weighted by Crippen LogP contribution is 2.19. The minimum absolute atomic E-state index is 0.00956. The normalized spacial score (nSPS) is 12.3. The van der Waals surface area contributed by atoms with Crippen LogP contribution in [0.1, 0.15) is 24.2 Å². The highest BCUT2D eigenvalue weighted by Gasteiger charge is 2.18. The van der Waals surface area contributed by atoms with Gasteiger partial charge in [-0.1, -0.05) is 0 Å². The number of rotatable bonds is 7. The van der Waals surface area contributed by atoms with Gasteiger partial charge in [-0.05, 0) is 27.0 Å². The lowest BCUT2D eigenvalue weighted by molar-refractivity contribution is 0.0697. The van der Waals surface area contributed by atoms with Crippen molar-refractivity contribution < 1.29 is 18.3 Å². The third kappa shape index (κ3) is 4.57. The van der Waals surface area contributed by atoms with Crippen molar-refractivity contribution in [3.05, 3.63) is 17.0 Å². The van der Waals surface area contributed by atoms with E-state index in [0.717, 1.165) is 11.3 Å². The lowest BCUT2D eigenvalue weighted by atomic mass is 10.3. The van der Waals surface area contributed by atoms with Crippen LogP contribution < -0.4 is 4.72 Å². The fraction of sp³-hybridized carbons (Fsp3) is 0.545. The van der Waals surface area contributed by atoms with E-state index in [9.17, 15) is 13.2 Å². The van der Waals surface area contributed by atoms with E-state index < -0.39 is 16.0 Å². The van der Waals surface area contributed by atoms with E-state index in [1.807, 2.05) is 25.8 Å². The van der Waals surface area contributed by atoms with Crippen molar-refractivity contribution in [2.24, 2.45) is 0 Å². The molecule has 0 unspecified atom stereocenters. The molecule has 1 heterocycles. The number of carboxylic acids is 1. The highest BCUT2D eigenvalue weighted by atomic mass is 32.2. The van der Waals surface area contributed by atoms with Crippen molar-refractivity contribution in [1.82, 2.24) is 9.62 Å². The molecule has 0 aliphatic rings. The molecule has 0 radical (unpaired) electrons. The third-order valence-electron chi connectivity index (χ3n) is 2.73. The summed E-state index contributed by atoms with van der Waals surface area (Å²) in [7, 11) is -1.71. The maximum absolute atomic E-state index is 11.9. The number of sulfonamides is 1. The molecule has 0 atom stereocenters. The average molecular weight is 306 g/mol. The second kappa shape index (κ2) is 6.47. The van der Waals surface area contributed by atoms with Crippen LogP contribution in [0.15, 0.2) is 15.7 Å². The molecule has 1 rings (SSSR count). The van der Waals surface area contributed by atoms with Gasteiger partial charge in [-0.15, -0.1) is 11.3 Å². The number of carbonyl (C=O) groups is 1. The molecule has 1 aromatic heterocycles. The number of nitrogens with one attached hydrogen (secondary N) is 1. The van der Waals surface area contributed by atoms with E-state index >= 15 is 0 Å². The van der Waals surface area contributed by atoms with E-state index in [4.69, 9.17) is 5.11 Å². The molecule has 0 spiro atoms. The molecule has 0 bridgehead atoms. The lowest BCUT2D eigenvalue weighted by Crippen LogP contribution is -2.35. The summed E-state index contributed by atoms with van der Waals surface area (Å²) in [5, 5.41) is 10.1. The Morgan fingerprint density at radius 1 is 1.53 bits per heavy atom. The summed E-state index contributed by atoms with van der Waals surface area (Å²) in [6.45, 7) is 4.92. The summed E-state index contributed by atoms with van der Waals surface area (Å²) in [4.78, 5) is 12.7. The number of hydrogen-bond acceptors (Lipinski definition) is 5. The van der Waals surface area contributed by atoms with Gasteiger partial charge in [0, 0.05) is 24.5 Å². The smallest absolute Gasteiger partial charge is 0.336 e. The molecule has 0 aromatic carbocycles. The molecule has 1 aromatic rings. The standard InChI is InChI=1S/C11H18N2O4S2/c1-8(2)13(3)5-4-12-19(16,17)10-6-9(7-18-10)11(14)15/h6-8,12H,4-5H2,1-3H3,(H,14,15). The zero-order valence-electron chi connectivity index (χ0n) is 11.1. The Kier molecular flexibility index (Phi) is 5.48. The van der Waals surface area contributed by atoms with Crippen molar-refractivity contribution in [3.63, 3.8) is 0 Å². The van der Waals surface area contributed by atoms with Crippen molar-refractivity contribution in [1.29, 1.82) is 0 Å². The van der Waals surface area contributed by atoms with Gasteiger partial charge in [0.15, 0.2) is 0 Å². The molecule has 0 amide bonds. The molecular weight excluding hydrogens is 288 g/mol. The van der Waals surface area contributed by atoms with Crippen LogP contribution in [0.4, 0.5) is 0 Å². The van der Waals surface area contributed by atoms with Crippen LogP contribution in [-0.4, -0.2) is 50.6 Å². The number of likely N-dealkylation sites (N-methyl/N-ethyl adjacent to an activating group) is 1. The highest BCUT2D eigenvalue weighted by molar-refractivity contribution is 7.91. The van der Waals surface area contributed by atoms with Crippen molar-refractivity contribution >= 4 is 27.3 Å². The van der Waals surface area contributed by atoms with E-state index in [0.29, 0.717) is 12.6 Å². The molecule has 0 saturated heterocycles. The first-order valence-corrected chi connectivity index (χ1v) is 8.12. The summed E-state index contributed by atoms with van der Waals surface area (Å²) in [5.74, 6) is -1.13. The van der Waals surface area contributed by atoms with E-state index in [-0.39, 0.29) is 16.3 Å². The summed E-state index contributed by atoms with van der Waals surface area (Å²) in [6, 6.07) is 1.51. The Balaban J connectivity index is 2.63. The van der Waals surface area contributed by atoms with Gasteiger partial charge in [-0.3, -0.25) is 0 Å². The second-order valence-electron chi connectivity index (χ2n) is 4.43. The van der Waals surface area contributed by atoms with Gasteiger partial charge in [0.2, 0.25) is 10.0 Å². The number of aromatic carboxylic acids is 1. The largest absolute Gasteiger partial charge is 0.478 e. The maximum atomic E-state index is 11.9. The topological polar surface area (TPSA) is 86.7 Å². The molecule has 0 saturated carbocycles. The van der Waals surface area contributed by atoms with Gasteiger partial charge in [0.25, 0.3) is 0 Å². The predicted molar refractivity (Wildman–Crippen MR) is 74.2 cm³/mol. The summed E-state index contributed by atoms with van der Waals surface area (Å²) >= 11 is 0.905. The zero-order chi connectivity index (χ0) is 14.6. The molecule has 0 aliphatic heterocycles. The molecule has 0 fully saturated rings. The molecule has 8 heteroatoms. The van der Waals surface area contributed by atoms with Crippen LogP contribution in [0.2, 0.25) is 0 Å². The minimum atomic E-state index is -3.62. The number of nitrogens with zero attached hydrogens (tertiary/aromatic N) is 1. The van der Waals surface area contributed by atoms with Gasteiger partial charge >= 0.3 is 5.97 Å². The van der Waals surface area contributed by atoms with Gasteiger partial charge in [-0.25, -0.2) is 17.9 Å². The van der Waals surface area contributed by atoms with E-state index in [2.05, 4.69) is 4.72 Å². The minimum Gasteiger partial charge on any atom is -0.478 e. The van der Waals surface area contributed by atoms with Crippen molar-refractivity contribution in [2.45, 2.75) is 24.1 Å². The van der Waals surface area contributed by atoms with Crippen LogP contribution in [0.3, 0.4) is 0 Å². The first kappa shape index (κ1) is 16.1. The monoisotopic (exact) mass is 306 g/mol. The maximum Gasteiger partial charge on any atom is 0.336 e. The molecule has 2 N–H and O–H groups in total.